The summed E-state index contributed by atoms with van der Waals surface area (Å²) in [7, 11) is 0. The van der Waals surface area contributed by atoms with Gasteiger partial charge in [0.05, 0.1) is 6.42 Å². The summed E-state index contributed by atoms with van der Waals surface area (Å²) in [6.45, 7) is 4.86. The van der Waals surface area contributed by atoms with Gasteiger partial charge in [-0.3, -0.25) is 9.59 Å². The first-order valence-electron chi connectivity index (χ1n) is 13.0. The van der Waals surface area contributed by atoms with Crippen LogP contribution in [0.4, 0.5) is 0 Å². The number of hydrogen-bond donors (Lipinski definition) is 2. The Morgan fingerprint density at radius 3 is 2.30 bits per heavy atom. The van der Waals surface area contributed by atoms with Gasteiger partial charge in [0.1, 0.15) is 0 Å². The van der Waals surface area contributed by atoms with E-state index in [-0.39, 0.29) is 23.8 Å². The van der Waals surface area contributed by atoms with E-state index in [0.29, 0.717) is 5.56 Å². The third-order valence-corrected chi connectivity index (χ3v) is 7.99. The van der Waals surface area contributed by atoms with Crippen LogP contribution in [-0.4, -0.2) is 47.6 Å². The lowest BCUT2D eigenvalue weighted by molar-refractivity contribution is -0.138. The predicted octanol–water partition coefficient (Wildman–Crippen LogP) is 6.52. The van der Waals surface area contributed by atoms with Crippen molar-refractivity contribution in [2.45, 2.75) is 50.5 Å². The van der Waals surface area contributed by atoms with Gasteiger partial charge in [-0.05, 0) is 67.1 Å². The van der Waals surface area contributed by atoms with E-state index >= 15 is 0 Å². The molecule has 0 saturated carbocycles. The molecule has 1 fully saturated rings. The Labute approximate surface area is 228 Å². The van der Waals surface area contributed by atoms with Crippen molar-refractivity contribution in [3.8, 4) is 11.1 Å². The summed E-state index contributed by atoms with van der Waals surface area (Å²) in [6, 6.07) is 25.9. The third kappa shape index (κ3) is 7.30. The molecule has 0 aromatic heterocycles. The fourth-order valence-corrected chi connectivity index (χ4v) is 5.59. The Bertz CT molecular complexity index is 1190. The van der Waals surface area contributed by atoms with Gasteiger partial charge in [-0.1, -0.05) is 83.5 Å². The van der Waals surface area contributed by atoms with E-state index in [9.17, 15) is 14.7 Å². The zero-order valence-electron chi connectivity index (χ0n) is 21.3. The number of hydrogen-bond acceptors (Lipinski definition) is 3. The fraction of sp³-hybridized carbons (Fsp3) is 0.355. The molecular formula is C31H35BrN2O3. The number of piperidine rings is 1. The molecule has 37 heavy (non-hydrogen) atoms. The fourth-order valence-electron chi connectivity index (χ4n) is 5.33. The summed E-state index contributed by atoms with van der Waals surface area (Å²) in [5, 5.41) is 12.7. The van der Waals surface area contributed by atoms with E-state index in [1.807, 2.05) is 78.9 Å². The maximum absolute atomic E-state index is 13.2. The molecule has 1 amide bonds. The average Bonchev–Trinajstić information content (AvgIpc) is 2.90. The molecule has 1 aliphatic heterocycles. The Kier molecular flexibility index (Phi) is 9.17. The molecule has 3 aromatic carbocycles. The van der Waals surface area contributed by atoms with Gasteiger partial charge >= 0.3 is 5.97 Å². The third-order valence-electron chi connectivity index (χ3n) is 7.46. The topological polar surface area (TPSA) is 69.6 Å². The number of rotatable bonds is 10. The highest BCUT2D eigenvalue weighted by Crippen LogP contribution is 2.33. The zero-order valence-corrected chi connectivity index (χ0v) is 22.9. The van der Waals surface area contributed by atoms with Crippen LogP contribution in [0.2, 0.25) is 0 Å². The van der Waals surface area contributed by atoms with E-state index in [2.05, 4.69) is 33.1 Å². The average molecular weight is 564 g/mol. The minimum absolute atomic E-state index is 0.0238. The van der Waals surface area contributed by atoms with Gasteiger partial charge < -0.3 is 15.3 Å². The number of nitrogens with one attached hydrogen (secondary N) is 1. The number of nitrogens with zero attached hydrogens (tertiary/aromatic N) is 1. The molecule has 0 aliphatic carbocycles. The Morgan fingerprint density at radius 2 is 1.62 bits per heavy atom. The monoisotopic (exact) mass is 562 g/mol. The molecule has 1 atom stereocenters. The van der Waals surface area contributed by atoms with Crippen LogP contribution in [-0.2, 0) is 10.2 Å². The molecule has 0 radical (unpaired) electrons. The van der Waals surface area contributed by atoms with E-state index < -0.39 is 5.97 Å². The Morgan fingerprint density at radius 1 is 0.973 bits per heavy atom. The molecule has 194 valence electrons. The number of amides is 1. The van der Waals surface area contributed by atoms with E-state index in [4.69, 9.17) is 0 Å². The lowest BCUT2D eigenvalue weighted by Crippen LogP contribution is -2.45. The van der Waals surface area contributed by atoms with Crippen molar-refractivity contribution in [1.29, 1.82) is 0 Å². The number of benzene rings is 3. The number of halogens is 1. The number of carboxylic acids is 1. The summed E-state index contributed by atoms with van der Waals surface area (Å²) in [5.74, 6) is -0.783. The number of carbonyl (C=O) groups is 2. The van der Waals surface area contributed by atoms with Crippen LogP contribution in [0.15, 0.2) is 83.3 Å². The van der Waals surface area contributed by atoms with Crippen molar-refractivity contribution < 1.29 is 14.7 Å². The van der Waals surface area contributed by atoms with Gasteiger partial charge in [-0.15, -0.1) is 0 Å². The highest BCUT2D eigenvalue weighted by molar-refractivity contribution is 9.10. The molecule has 4 rings (SSSR count). The van der Waals surface area contributed by atoms with Gasteiger partial charge in [0, 0.05) is 34.6 Å². The molecule has 1 aliphatic rings. The van der Waals surface area contributed by atoms with E-state index in [1.54, 1.807) is 0 Å². The molecule has 3 aromatic rings. The largest absolute Gasteiger partial charge is 0.481 e. The zero-order chi connectivity index (χ0) is 26.3. The Balaban J connectivity index is 1.28. The summed E-state index contributed by atoms with van der Waals surface area (Å²) in [5.41, 5.74) is 3.37. The first-order valence-corrected chi connectivity index (χ1v) is 13.8. The lowest BCUT2D eigenvalue weighted by atomic mass is 9.76. The SMILES string of the molecule is CC(CCCN1CCC(NC(=O)c2ccccc2-c2ccc(Br)cc2)CC1)(CC(=O)O)c1ccccc1. The Hall–Kier alpha value is -2.96. The smallest absolute Gasteiger partial charge is 0.304 e. The molecule has 0 bridgehead atoms. The van der Waals surface area contributed by atoms with Crippen LogP contribution >= 0.6 is 15.9 Å². The lowest BCUT2D eigenvalue weighted by Gasteiger charge is -2.34. The molecule has 1 unspecified atom stereocenters. The van der Waals surface area contributed by atoms with Crippen molar-refractivity contribution in [2.24, 2.45) is 0 Å². The summed E-state index contributed by atoms with van der Waals surface area (Å²) < 4.78 is 1.01. The second kappa shape index (κ2) is 12.5. The molecule has 1 saturated heterocycles. The van der Waals surface area contributed by atoms with Crippen LogP contribution in [0, 0.1) is 0 Å². The van der Waals surface area contributed by atoms with Crippen molar-refractivity contribution in [1.82, 2.24) is 10.2 Å². The maximum Gasteiger partial charge on any atom is 0.304 e. The van der Waals surface area contributed by atoms with Gasteiger partial charge in [-0.2, -0.15) is 0 Å². The quantitative estimate of drug-likeness (QED) is 0.295. The van der Waals surface area contributed by atoms with Gasteiger partial charge in [0.15, 0.2) is 0 Å². The first kappa shape index (κ1) is 27.1. The van der Waals surface area contributed by atoms with Crippen LogP contribution in [0.25, 0.3) is 11.1 Å². The maximum atomic E-state index is 13.2. The van der Waals surface area contributed by atoms with Gasteiger partial charge in [-0.25, -0.2) is 0 Å². The van der Waals surface area contributed by atoms with E-state index in [0.717, 1.165) is 66.5 Å². The number of likely N-dealkylation sites (tertiary alicyclic amines) is 1. The number of carboxylic acid groups (broad SMARTS) is 1. The molecular weight excluding hydrogens is 528 g/mol. The predicted molar refractivity (Wildman–Crippen MR) is 152 cm³/mol. The normalized spacial score (nSPS) is 16.2. The second-order valence-electron chi connectivity index (χ2n) is 10.2. The summed E-state index contributed by atoms with van der Waals surface area (Å²) >= 11 is 3.47. The second-order valence-corrected chi connectivity index (χ2v) is 11.2. The van der Waals surface area contributed by atoms with Gasteiger partial charge in [0.2, 0.25) is 0 Å². The van der Waals surface area contributed by atoms with Crippen LogP contribution in [0.1, 0.15) is 54.9 Å². The summed E-state index contributed by atoms with van der Waals surface area (Å²) in [4.78, 5) is 27.2. The van der Waals surface area contributed by atoms with Crippen molar-refractivity contribution in [3.63, 3.8) is 0 Å². The van der Waals surface area contributed by atoms with Crippen LogP contribution < -0.4 is 5.32 Å². The van der Waals surface area contributed by atoms with E-state index in [1.165, 1.54) is 0 Å². The number of carbonyl (C=O) groups excluding carboxylic acids is 1. The van der Waals surface area contributed by atoms with Crippen molar-refractivity contribution in [3.05, 3.63) is 94.5 Å². The molecule has 2 N–H and O–H groups in total. The van der Waals surface area contributed by atoms with Crippen LogP contribution in [0.3, 0.4) is 0 Å². The molecule has 5 nitrogen and oxygen atoms in total. The van der Waals surface area contributed by atoms with Gasteiger partial charge in [0.25, 0.3) is 5.91 Å². The van der Waals surface area contributed by atoms with Crippen molar-refractivity contribution in [2.75, 3.05) is 19.6 Å². The highest BCUT2D eigenvalue weighted by atomic mass is 79.9. The molecule has 0 spiro atoms. The minimum atomic E-state index is -0.760. The van der Waals surface area contributed by atoms with Crippen LogP contribution in [0.5, 0.6) is 0 Å². The number of aliphatic carboxylic acids is 1. The minimum Gasteiger partial charge on any atom is -0.481 e. The molecule has 6 heteroatoms. The highest BCUT2D eigenvalue weighted by Gasteiger charge is 2.30. The first-order chi connectivity index (χ1) is 17.8. The summed E-state index contributed by atoms with van der Waals surface area (Å²) in [6.07, 6.45) is 3.73. The standard InChI is InChI=1S/C31H35BrN2O3/c1-31(22-29(35)36,24-8-3-2-4-9-24)18-7-19-34-20-16-26(17-21-34)33-30(37)28-11-6-5-10-27(28)23-12-14-25(32)15-13-23/h2-6,8-15,26H,7,16-22H2,1H3,(H,33,37)(H,35,36). The molecule has 1 heterocycles. The van der Waals surface area contributed by atoms with Crippen molar-refractivity contribution >= 4 is 27.8 Å².